The van der Waals surface area contributed by atoms with Crippen molar-refractivity contribution in [2.75, 3.05) is 0 Å². The van der Waals surface area contributed by atoms with Gasteiger partial charge in [0.25, 0.3) is 0 Å². The van der Waals surface area contributed by atoms with Crippen LogP contribution in [0, 0.1) is 0 Å². The standard InChI is InChI=1S/C19H17NO2/c1-2-20-16(11-9-15-5-3-4-6-17(15)20)10-7-14-8-12-18(21)19(22)13-14/h3-13,22H,2H2,1H3/p+1. The van der Waals surface area contributed by atoms with Gasteiger partial charge in [0.2, 0.25) is 11.2 Å². The number of aromatic nitrogens is 1. The Kier molecular flexibility index (Phi) is 3.79. The molecule has 2 aromatic carbocycles. The molecule has 0 aliphatic carbocycles. The van der Waals surface area contributed by atoms with E-state index in [2.05, 4.69) is 35.8 Å². The molecule has 0 radical (unpaired) electrons. The number of fused-ring (bicyclic) bond motifs is 1. The molecule has 3 nitrogen and oxygen atoms in total. The van der Waals surface area contributed by atoms with Gasteiger partial charge in [0, 0.05) is 23.6 Å². The lowest BCUT2D eigenvalue weighted by atomic mass is 10.1. The Balaban J connectivity index is 2.02. The average Bonchev–Trinajstić information content (AvgIpc) is 2.55. The van der Waals surface area contributed by atoms with Crippen molar-refractivity contribution in [1.29, 1.82) is 0 Å². The van der Waals surface area contributed by atoms with Crippen molar-refractivity contribution in [2.24, 2.45) is 0 Å². The molecule has 110 valence electrons. The summed E-state index contributed by atoms with van der Waals surface area (Å²) in [7, 11) is 0. The number of pyridine rings is 1. The SMILES string of the molecule is CC[n+]1c(/C=C/c2ccc(O)c(O)c2)ccc2ccccc21. The van der Waals surface area contributed by atoms with E-state index in [4.69, 9.17) is 0 Å². The maximum Gasteiger partial charge on any atom is 0.212 e. The van der Waals surface area contributed by atoms with Gasteiger partial charge in [0.1, 0.15) is 6.54 Å². The van der Waals surface area contributed by atoms with Crippen molar-refractivity contribution in [3.8, 4) is 11.5 Å². The van der Waals surface area contributed by atoms with Crippen LogP contribution in [0.3, 0.4) is 0 Å². The van der Waals surface area contributed by atoms with Crippen molar-refractivity contribution in [1.82, 2.24) is 0 Å². The number of aromatic hydroxyl groups is 2. The Morgan fingerprint density at radius 1 is 0.909 bits per heavy atom. The van der Waals surface area contributed by atoms with E-state index in [-0.39, 0.29) is 11.5 Å². The van der Waals surface area contributed by atoms with Crippen LogP contribution in [0.1, 0.15) is 18.2 Å². The summed E-state index contributed by atoms with van der Waals surface area (Å²) >= 11 is 0. The van der Waals surface area contributed by atoms with Crippen molar-refractivity contribution in [2.45, 2.75) is 13.5 Å². The summed E-state index contributed by atoms with van der Waals surface area (Å²) in [6.45, 7) is 3.00. The zero-order valence-electron chi connectivity index (χ0n) is 12.4. The zero-order valence-corrected chi connectivity index (χ0v) is 12.4. The Hall–Kier alpha value is -2.81. The normalized spacial score (nSPS) is 11.3. The first-order valence-electron chi connectivity index (χ1n) is 7.30. The number of para-hydroxylation sites is 1. The number of rotatable bonds is 3. The molecule has 0 saturated heterocycles. The average molecular weight is 292 g/mol. The Morgan fingerprint density at radius 3 is 2.50 bits per heavy atom. The third-order valence-electron chi connectivity index (χ3n) is 3.74. The smallest absolute Gasteiger partial charge is 0.212 e. The molecular weight excluding hydrogens is 274 g/mol. The number of aryl methyl sites for hydroxylation is 1. The van der Waals surface area contributed by atoms with Crippen molar-refractivity contribution < 1.29 is 14.8 Å². The number of phenolic OH excluding ortho intramolecular Hbond substituents is 2. The van der Waals surface area contributed by atoms with Gasteiger partial charge < -0.3 is 10.2 Å². The lowest BCUT2D eigenvalue weighted by Gasteiger charge is -2.03. The summed E-state index contributed by atoms with van der Waals surface area (Å²) in [6, 6.07) is 17.3. The molecule has 0 aliphatic rings. The van der Waals surface area contributed by atoms with Gasteiger partial charge in [-0.2, -0.15) is 4.57 Å². The summed E-state index contributed by atoms with van der Waals surface area (Å²) in [6.07, 6.45) is 3.94. The van der Waals surface area contributed by atoms with Gasteiger partial charge in [-0.15, -0.1) is 0 Å². The number of hydrogen-bond acceptors (Lipinski definition) is 2. The van der Waals surface area contributed by atoms with Gasteiger partial charge in [0.05, 0.1) is 0 Å². The van der Waals surface area contributed by atoms with Crippen LogP contribution in [0.25, 0.3) is 23.1 Å². The molecule has 0 spiro atoms. The molecule has 0 atom stereocenters. The zero-order chi connectivity index (χ0) is 15.5. The first-order valence-corrected chi connectivity index (χ1v) is 7.30. The van der Waals surface area contributed by atoms with Crippen molar-refractivity contribution >= 4 is 23.1 Å². The summed E-state index contributed by atoms with van der Waals surface area (Å²) < 4.78 is 2.24. The number of hydrogen-bond donors (Lipinski definition) is 2. The predicted molar refractivity (Wildman–Crippen MR) is 88.5 cm³/mol. The van der Waals surface area contributed by atoms with Gasteiger partial charge in [-0.1, -0.05) is 18.2 Å². The van der Waals surface area contributed by atoms with Crippen molar-refractivity contribution in [3.63, 3.8) is 0 Å². The molecule has 0 saturated carbocycles. The highest BCUT2D eigenvalue weighted by atomic mass is 16.3. The molecule has 0 aliphatic heterocycles. The summed E-state index contributed by atoms with van der Waals surface area (Å²) in [5, 5.41) is 20.1. The van der Waals surface area contributed by atoms with E-state index >= 15 is 0 Å². The number of nitrogens with zero attached hydrogens (tertiary/aromatic N) is 1. The maximum atomic E-state index is 9.55. The highest BCUT2D eigenvalue weighted by Crippen LogP contribution is 2.25. The minimum Gasteiger partial charge on any atom is -0.504 e. The van der Waals surface area contributed by atoms with Crippen LogP contribution in [0.2, 0.25) is 0 Å². The molecule has 0 fully saturated rings. The largest absolute Gasteiger partial charge is 0.504 e. The van der Waals surface area contributed by atoms with E-state index in [1.54, 1.807) is 12.1 Å². The van der Waals surface area contributed by atoms with E-state index in [9.17, 15) is 10.2 Å². The number of benzene rings is 2. The Morgan fingerprint density at radius 2 is 1.73 bits per heavy atom. The highest BCUT2D eigenvalue weighted by Gasteiger charge is 2.11. The topological polar surface area (TPSA) is 44.3 Å². The second kappa shape index (κ2) is 5.90. The predicted octanol–water partition coefficient (Wildman–Crippen LogP) is 3.73. The molecule has 1 heterocycles. The van der Waals surface area contributed by atoms with Crippen LogP contribution >= 0.6 is 0 Å². The molecule has 1 aromatic heterocycles. The lowest BCUT2D eigenvalue weighted by Crippen LogP contribution is -2.36. The lowest BCUT2D eigenvalue weighted by molar-refractivity contribution is -0.669. The van der Waals surface area contributed by atoms with Gasteiger partial charge in [0.15, 0.2) is 11.5 Å². The highest BCUT2D eigenvalue weighted by molar-refractivity contribution is 5.77. The first-order chi connectivity index (χ1) is 10.7. The molecular formula is C19H18NO2+. The summed E-state index contributed by atoms with van der Waals surface area (Å²) in [5.41, 5.74) is 3.13. The van der Waals surface area contributed by atoms with Crippen LogP contribution < -0.4 is 4.57 Å². The summed E-state index contributed by atoms with van der Waals surface area (Å²) in [5.74, 6) is -0.212. The minimum absolute atomic E-state index is 0.105. The fraction of sp³-hybridized carbons (Fsp3) is 0.105. The van der Waals surface area contributed by atoms with Crippen LogP contribution in [0.4, 0.5) is 0 Å². The van der Waals surface area contributed by atoms with Crippen molar-refractivity contribution in [3.05, 3.63) is 65.9 Å². The third kappa shape index (κ3) is 2.66. The van der Waals surface area contributed by atoms with Crippen LogP contribution in [0.5, 0.6) is 11.5 Å². The van der Waals surface area contributed by atoms with E-state index in [0.717, 1.165) is 17.8 Å². The second-order valence-corrected chi connectivity index (χ2v) is 5.14. The molecule has 0 bridgehead atoms. The second-order valence-electron chi connectivity index (χ2n) is 5.14. The molecule has 0 amide bonds. The monoisotopic (exact) mass is 292 g/mol. The first kappa shape index (κ1) is 14.1. The van der Waals surface area contributed by atoms with Crippen LogP contribution in [-0.2, 0) is 6.54 Å². The fourth-order valence-electron chi connectivity index (χ4n) is 2.60. The third-order valence-corrected chi connectivity index (χ3v) is 3.74. The van der Waals surface area contributed by atoms with E-state index in [0.29, 0.717) is 0 Å². The molecule has 22 heavy (non-hydrogen) atoms. The van der Waals surface area contributed by atoms with E-state index in [1.165, 1.54) is 17.0 Å². The van der Waals surface area contributed by atoms with Crippen LogP contribution in [-0.4, -0.2) is 10.2 Å². The molecule has 3 aromatic rings. The fourth-order valence-corrected chi connectivity index (χ4v) is 2.60. The van der Waals surface area contributed by atoms with E-state index < -0.39 is 0 Å². The molecule has 3 heteroatoms. The quantitative estimate of drug-likeness (QED) is 0.570. The van der Waals surface area contributed by atoms with E-state index in [1.807, 2.05) is 24.3 Å². The van der Waals surface area contributed by atoms with Gasteiger partial charge in [-0.25, -0.2) is 0 Å². The minimum atomic E-state index is -0.107. The van der Waals surface area contributed by atoms with Gasteiger partial charge in [-0.05, 0) is 42.8 Å². The molecule has 0 unspecified atom stereocenters. The summed E-state index contributed by atoms with van der Waals surface area (Å²) in [4.78, 5) is 0. The Bertz CT molecular complexity index is 853. The van der Waals surface area contributed by atoms with Gasteiger partial charge in [-0.3, -0.25) is 0 Å². The maximum absolute atomic E-state index is 9.55. The van der Waals surface area contributed by atoms with Gasteiger partial charge >= 0.3 is 0 Å². The number of phenols is 2. The Labute approximate surface area is 129 Å². The molecule has 2 N–H and O–H groups in total. The van der Waals surface area contributed by atoms with Crippen LogP contribution in [0.15, 0.2) is 54.6 Å². The molecule has 3 rings (SSSR count).